The highest BCUT2D eigenvalue weighted by Gasteiger charge is 2.34. The second kappa shape index (κ2) is 11.2. The molecule has 2 aliphatic rings. The fraction of sp³-hybridized carbons (Fsp3) is 0.368. The molecular formula is C19H27Cl2N3O3S3. The number of phenols is 1. The molecule has 11 heteroatoms. The number of hydrogen-bond acceptors (Lipinski definition) is 7. The van der Waals surface area contributed by atoms with Crippen molar-refractivity contribution < 1.29 is 13.5 Å². The van der Waals surface area contributed by atoms with Gasteiger partial charge in [-0.25, -0.2) is 13.6 Å². The molecule has 2 aliphatic heterocycles. The zero-order chi connectivity index (χ0) is 20.5. The molecule has 0 aromatic heterocycles. The molecule has 1 unspecified atom stereocenters. The number of allylic oxidation sites excluding steroid dienone is 3. The van der Waals surface area contributed by atoms with E-state index in [9.17, 15) is 13.5 Å². The molecule has 0 radical (unpaired) electrons. The summed E-state index contributed by atoms with van der Waals surface area (Å²) in [5.41, 5.74) is 3.90. The van der Waals surface area contributed by atoms with Gasteiger partial charge in [0.2, 0.25) is 10.0 Å². The summed E-state index contributed by atoms with van der Waals surface area (Å²) in [7, 11) is 0.228. The predicted octanol–water partition coefficient (Wildman–Crippen LogP) is 3.54. The van der Waals surface area contributed by atoms with E-state index in [0.717, 1.165) is 40.3 Å². The highest BCUT2D eigenvalue weighted by Crippen LogP contribution is 2.50. The smallest absolute Gasteiger partial charge is 0.244 e. The molecule has 30 heavy (non-hydrogen) atoms. The minimum atomic E-state index is -3.70. The van der Waals surface area contributed by atoms with Crippen LogP contribution in [0.1, 0.15) is 18.1 Å². The van der Waals surface area contributed by atoms with Crippen molar-refractivity contribution in [1.29, 1.82) is 0 Å². The van der Waals surface area contributed by atoms with E-state index in [4.69, 9.17) is 5.14 Å². The van der Waals surface area contributed by atoms with Crippen molar-refractivity contribution in [2.75, 3.05) is 20.6 Å². The van der Waals surface area contributed by atoms with Crippen molar-refractivity contribution >= 4 is 58.4 Å². The number of nitrogens with one attached hydrogen (secondary N) is 1. The number of phenolic OH excluding ortho intramolecular Hbond substituents is 1. The zero-order valence-electron chi connectivity index (χ0n) is 16.9. The Bertz CT molecular complexity index is 976. The van der Waals surface area contributed by atoms with Crippen LogP contribution in [0.25, 0.3) is 0 Å². The maximum Gasteiger partial charge on any atom is 0.244 e. The lowest BCUT2D eigenvalue weighted by Crippen LogP contribution is -2.18. The highest BCUT2D eigenvalue weighted by molar-refractivity contribution is 8.27. The minimum absolute atomic E-state index is 0. The van der Waals surface area contributed by atoms with Gasteiger partial charge < -0.3 is 15.3 Å². The van der Waals surface area contributed by atoms with Gasteiger partial charge in [-0.2, -0.15) is 0 Å². The molecule has 168 valence electrons. The number of sulfonamides is 1. The Morgan fingerprint density at radius 3 is 2.50 bits per heavy atom. The first-order valence-electron chi connectivity index (χ1n) is 8.89. The van der Waals surface area contributed by atoms with Gasteiger partial charge in [0.25, 0.3) is 0 Å². The molecule has 0 spiro atoms. The van der Waals surface area contributed by atoms with Crippen LogP contribution in [-0.2, 0) is 23.0 Å². The van der Waals surface area contributed by atoms with Gasteiger partial charge in [-0.05, 0) is 49.7 Å². The van der Waals surface area contributed by atoms with Crippen molar-refractivity contribution in [2.24, 2.45) is 5.14 Å². The molecule has 2 heterocycles. The number of thioether (sulfide) groups is 2. The minimum Gasteiger partial charge on any atom is -0.508 e. The lowest BCUT2D eigenvalue weighted by atomic mass is 10.1. The van der Waals surface area contributed by atoms with Gasteiger partial charge in [-0.15, -0.1) is 36.6 Å². The molecule has 0 amide bonds. The summed E-state index contributed by atoms with van der Waals surface area (Å²) in [5.74, 6) is 0.298. The zero-order valence-corrected chi connectivity index (χ0v) is 21.0. The lowest BCUT2D eigenvalue weighted by Gasteiger charge is -2.23. The largest absolute Gasteiger partial charge is 0.508 e. The second-order valence-corrected chi connectivity index (χ2v) is 11.4. The summed E-state index contributed by atoms with van der Waals surface area (Å²) in [4.78, 5) is 3.16. The van der Waals surface area contributed by atoms with Crippen LogP contribution in [0.5, 0.6) is 5.75 Å². The van der Waals surface area contributed by atoms with Gasteiger partial charge in [0.15, 0.2) is 0 Å². The first kappa shape index (κ1) is 27.2. The van der Waals surface area contributed by atoms with Gasteiger partial charge in [-0.1, -0.05) is 23.9 Å². The Hall–Kier alpha value is -0.810. The maximum atomic E-state index is 11.8. The van der Waals surface area contributed by atoms with Crippen molar-refractivity contribution in [1.82, 2.24) is 10.2 Å². The van der Waals surface area contributed by atoms with E-state index >= 15 is 0 Å². The first-order valence-corrected chi connectivity index (χ1v) is 12.2. The van der Waals surface area contributed by atoms with E-state index in [-0.39, 0.29) is 33.6 Å². The van der Waals surface area contributed by atoms with Crippen molar-refractivity contribution in [3.63, 3.8) is 0 Å². The van der Waals surface area contributed by atoms with Crippen molar-refractivity contribution in [3.8, 4) is 5.75 Å². The summed E-state index contributed by atoms with van der Waals surface area (Å²) in [5, 5.41) is 18.8. The number of benzene rings is 1. The topological polar surface area (TPSA) is 95.7 Å². The number of aromatic hydroxyl groups is 1. The summed E-state index contributed by atoms with van der Waals surface area (Å²) in [6.07, 6.45) is 4.48. The summed E-state index contributed by atoms with van der Waals surface area (Å²) >= 11 is 2.94. The van der Waals surface area contributed by atoms with Crippen LogP contribution >= 0.6 is 48.3 Å². The molecular weight excluding hydrogens is 485 g/mol. The number of nitrogens with zero attached hydrogens (tertiary/aromatic N) is 1. The van der Waals surface area contributed by atoms with Crippen LogP contribution < -0.4 is 10.5 Å². The summed E-state index contributed by atoms with van der Waals surface area (Å²) in [6, 6.07) is 5.69. The average Bonchev–Trinajstić information content (AvgIpc) is 3.02. The number of nitrogens with two attached hydrogens (primary N) is 1. The molecule has 0 fully saturated rings. The number of likely N-dealkylation sites (N-methyl/N-ethyl adjacent to an activating group) is 1. The number of hydrogen-bond donors (Lipinski definition) is 3. The van der Waals surface area contributed by atoms with Gasteiger partial charge in [-0.3, -0.25) is 0 Å². The molecule has 1 aromatic carbocycles. The summed E-state index contributed by atoms with van der Waals surface area (Å²) < 4.78 is 23.7. The quantitative estimate of drug-likeness (QED) is 0.515. The van der Waals surface area contributed by atoms with Crippen molar-refractivity contribution in [2.45, 2.75) is 24.5 Å². The SMILES string of the molecule is CCNC1=C2C=C(S(N)(=O)=O)SC2SC(Cc2ccc(O)c(CN(C)C)c2)=C1.Cl.Cl. The third kappa shape index (κ3) is 6.59. The Morgan fingerprint density at radius 2 is 1.90 bits per heavy atom. The molecule has 0 bridgehead atoms. The number of halogens is 2. The molecule has 3 rings (SSSR count). The Kier molecular flexibility index (Phi) is 10.1. The fourth-order valence-electron chi connectivity index (χ4n) is 3.11. The molecule has 4 N–H and O–H groups in total. The van der Waals surface area contributed by atoms with E-state index in [1.165, 1.54) is 11.8 Å². The Morgan fingerprint density at radius 1 is 1.20 bits per heavy atom. The van der Waals surface area contributed by atoms with Gasteiger partial charge in [0.1, 0.15) is 9.99 Å². The van der Waals surface area contributed by atoms with E-state index in [0.29, 0.717) is 12.3 Å². The van der Waals surface area contributed by atoms with Gasteiger partial charge in [0.05, 0.1) is 4.58 Å². The average molecular weight is 513 g/mol. The van der Waals surface area contributed by atoms with Crippen LogP contribution in [0.15, 0.2) is 50.8 Å². The monoisotopic (exact) mass is 511 g/mol. The van der Waals surface area contributed by atoms with E-state index in [1.807, 2.05) is 38.1 Å². The second-order valence-electron chi connectivity index (χ2n) is 6.96. The molecule has 6 nitrogen and oxygen atoms in total. The highest BCUT2D eigenvalue weighted by atomic mass is 35.5. The predicted molar refractivity (Wildman–Crippen MR) is 133 cm³/mol. The van der Waals surface area contributed by atoms with Gasteiger partial charge >= 0.3 is 0 Å². The van der Waals surface area contributed by atoms with E-state index in [2.05, 4.69) is 11.4 Å². The van der Waals surface area contributed by atoms with Crippen LogP contribution in [0.2, 0.25) is 0 Å². The molecule has 1 atom stereocenters. The molecule has 0 aliphatic carbocycles. The number of primary sulfonamides is 1. The molecule has 0 saturated carbocycles. The molecule has 0 saturated heterocycles. The normalized spacial score (nSPS) is 18.2. The first-order chi connectivity index (χ1) is 13.2. The number of rotatable bonds is 7. The maximum absolute atomic E-state index is 11.8. The van der Waals surface area contributed by atoms with Gasteiger partial charge in [0, 0.05) is 36.3 Å². The van der Waals surface area contributed by atoms with Crippen LogP contribution in [0, 0.1) is 0 Å². The summed E-state index contributed by atoms with van der Waals surface area (Å²) in [6.45, 7) is 3.42. The lowest BCUT2D eigenvalue weighted by molar-refractivity contribution is 0.385. The third-order valence-electron chi connectivity index (χ3n) is 4.28. The number of fused-ring (bicyclic) bond motifs is 1. The van der Waals surface area contributed by atoms with E-state index in [1.54, 1.807) is 23.9 Å². The van der Waals surface area contributed by atoms with Crippen LogP contribution in [0.4, 0.5) is 0 Å². The van der Waals surface area contributed by atoms with Crippen molar-refractivity contribution in [3.05, 3.63) is 61.9 Å². The van der Waals surface area contributed by atoms with E-state index < -0.39 is 10.0 Å². The van der Waals surface area contributed by atoms with Crippen LogP contribution in [0.3, 0.4) is 0 Å². The Labute approximate surface area is 199 Å². The standard InChI is InChI=1S/C19H25N3O3S3.2ClH/c1-4-21-16-9-14(26-19-15(16)10-18(27-19)28(20,24)25)8-12-5-6-17(23)13(7-12)11-22(2)3;;/h5-7,9-10,19,21,23H,4,8,11H2,1-3H3,(H2,20,24,25);2*1H. The molecule has 1 aromatic rings. The van der Waals surface area contributed by atoms with Crippen LogP contribution in [-0.4, -0.2) is 43.6 Å². The Balaban J connectivity index is 0.00000225. The third-order valence-corrected chi connectivity index (χ3v) is 8.37. The fourth-order valence-corrected chi connectivity index (χ4v) is 7.04.